The summed E-state index contributed by atoms with van der Waals surface area (Å²) in [6.07, 6.45) is 1.38. The van der Waals surface area contributed by atoms with Crippen molar-refractivity contribution in [1.29, 1.82) is 0 Å². The Labute approximate surface area is 171 Å². The Kier molecular flexibility index (Phi) is 6.23. The van der Waals surface area contributed by atoms with E-state index in [1.54, 1.807) is 48.5 Å². The molecule has 6 nitrogen and oxygen atoms in total. The van der Waals surface area contributed by atoms with Crippen LogP contribution in [0.25, 0.3) is 11.3 Å². The maximum Gasteiger partial charge on any atom is 0.275 e. The maximum atomic E-state index is 12.3. The number of methoxy groups -OCH3 is 2. The van der Waals surface area contributed by atoms with E-state index in [0.717, 1.165) is 0 Å². The summed E-state index contributed by atoms with van der Waals surface area (Å²) in [5.41, 5.74) is 3.42. The molecule has 2 aromatic carbocycles. The first kappa shape index (κ1) is 19.8. The summed E-state index contributed by atoms with van der Waals surface area (Å²) in [6, 6.07) is 13.6. The number of hydrazone groups is 1. The van der Waals surface area contributed by atoms with Crippen molar-refractivity contribution >= 4 is 35.3 Å². The Morgan fingerprint density at radius 1 is 1.11 bits per heavy atom. The zero-order chi connectivity index (χ0) is 20.1. The summed E-state index contributed by atoms with van der Waals surface area (Å²) in [5, 5.41) is 4.76. The third-order valence-electron chi connectivity index (χ3n) is 3.86. The lowest BCUT2D eigenvalue weighted by molar-refractivity contribution is 0.0952. The molecule has 144 valence electrons. The molecule has 0 bridgehead atoms. The highest BCUT2D eigenvalue weighted by atomic mass is 35.5. The summed E-state index contributed by atoms with van der Waals surface area (Å²) in [6.45, 7) is 0. The number of hydrogen-bond donors (Lipinski definition) is 1. The first-order valence-corrected chi connectivity index (χ1v) is 8.88. The minimum atomic E-state index is -0.430. The minimum absolute atomic E-state index is 0.325. The number of carbonyl (C=O) groups is 1. The molecule has 0 aliphatic carbocycles. The Bertz CT molecular complexity index is 1030. The molecule has 0 aliphatic rings. The van der Waals surface area contributed by atoms with Crippen LogP contribution in [0.15, 0.2) is 58.0 Å². The predicted octanol–water partition coefficient (Wildman–Crippen LogP) is 5.03. The molecule has 0 fully saturated rings. The Morgan fingerprint density at radius 3 is 2.68 bits per heavy atom. The lowest BCUT2D eigenvalue weighted by Gasteiger charge is -2.08. The third-order valence-corrected chi connectivity index (χ3v) is 4.67. The number of nitrogens with zero attached hydrogens (tertiary/aromatic N) is 1. The lowest BCUT2D eigenvalue weighted by Crippen LogP contribution is -2.18. The SMILES string of the molecule is COc1ccc(C(=O)N/N=C\c2ccc(-c3cccc(Cl)c3Cl)o2)c(OC)c1. The van der Waals surface area contributed by atoms with Crippen LogP contribution in [0, 0.1) is 0 Å². The van der Waals surface area contributed by atoms with Crippen LogP contribution in [-0.4, -0.2) is 26.3 Å². The van der Waals surface area contributed by atoms with E-state index >= 15 is 0 Å². The molecule has 1 aromatic heterocycles. The van der Waals surface area contributed by atoms with Crippen LogP contribution in [0.5, 0.6) is 11.5 Å². The van der Waals surface area contributed by atoms with Gasteiger partial charge in [-0.3, -0.25) is 4.79 Å². The topological polar surface area (TPSA) is 73.1 Å². The fourth-order valence-corrected chi connectivity index (χ4v) is 2.86. The number of amides is 1. The van der Waals surface area contributed by atoms with Crippen molar-refractivity contribution in [2.75, 3.05) is 14.2 Å². The summed E-state index contributed by atoms with van der Waals surface area (Å²) in [7, 11) is 3.01. The highest BCUT2D eigenvalue weighted by Gasteiger charge is 2.13. The van der Waals surface area contributed by atoms with Gasteiger partial charge in [-0.05, 0) is 36.4 Å². The lowest BCUT2D eigenvalue weighted by atomic mass is 10.2. The van der Waals surface area contributed by atoms with E-state index in [1.807, 2.05) is 0 Å². The van der Waals surface area contributed by atoms with Crippen LogP contribution in [0.1, 0.15) is 16.1 Å². The first-order valence-electron chi connectivity index (χ1n) is 8.13. The molecule has 0 radical (unpaired) electrons. The smallest absolute Gasteiger partial charge is 0.275 e. The molecule has 0 saturated heterocycles. The average molecular weight is 419 g/mol. The third kappa shape index (κ3) is 4.30. The number of rotatable bonds is 6. The summed E-state index contributed by atoms with van der Waals surface area (Å²) in [5.74, 6) is 1.51. The quantitative estimate of drug-likeness (QED) is 0.449. The van der Waals surface area contributed by atoms with Crippen LogP contribution in [0.3, 0.4) is 0 Å². The summed E-state index contributed by atoms with van der Waals surface area (Å²) < 4.78 is 16.0. The van der Waals surface area contributed by atoms with Crippen molar-refractivity contribution < 1.29 is 18.7 Å². The molecule has 0 aliphatic heterocycles. The number of nitrogens with one attached hydrogen (secondary N) is 1. The van der Waals surface area contributed by atoms with E-state index in [2.05, 4.69) is 10.5 Å². The molecule has 28 heavy (non-hydrogen) atoms. The largest absolute Gasteiger partial charge is 0.497 e. The van der Waals surface area contributed by atoms with Gasteiger partial charge >= 0.3 is 0 Å². The summed E-state index contributed by atoms with van der Waals surface area (Å²) in [4.78, 5) is 12.3. The van der Waals surface area contributed by atoms with Gasteiger partial charge < -0.3 is 13.9 Å². The molecular weight excluding hydrogens is 403 g/mol. The predicted molar refractivity (Wildman–Crippen MR) is 109 cm³/mol. The van der Waals surface area contributed by atoms with Gasteiger partial charge in [0.1, 0.15) is 23.0 Å². The van der Waals surface area contributed by atoms with Crippen LogP contribution >= 0.6 is 23.2 Å². The van der Waals surface area contributed by atoms with Crippen LogP contribution in [-0.2, 0) is 0 Å². The van der Waals surface area contributed by atoms with Gasteiger partial charge in [-0.1, -0.05) is 29.3 Å². The zero-order valence-corrected chi connectivity index (χ0v) is 16.5. The van der Waals surface area contributed by atoms with E-state index in [-0.39, 0.29) is 0 Å². The molecule has 3 aromatic rings. The molecule has 3 rings (SSSR count). The average Bonchev–Trinajstić information content (AvgIpc) is 3.18. The normalized spacial score (nSPS) is 10.9. The van der Waals surface area contributed by atoms with E-state index in [4.69, 9.17) is 37.1 Å². The molecule has 1 amide bonds. The maximum absolute atomic E-state index is 12.3. The van der Waals surface area contributed by atoms with E-state index < -0.39 is 5.91 Å². The second-order valence-corrected chi connectivity index (χ2v) is 6.35. The van der Waals surface area contributed by atoms with Crippen molar-refractivity contribution in [2.45, 2.75) is 0 Å². The molecule has 0 spiro atoms. The molecule has 0 atom stereocenters. The first-order chi connectivity index (χ1) is 13.5. The number of furan rings is 1. The van der Waals surface area contributed by atoms with Crippen molar-refractivity contribution in [3.05, 3.63) is 69.9 Å². The van der Waals surface area contributed by atoms with Gasteiger partial charge in [0.25, 0.3) is 5.91 Å². The van der Waals surface area contributed by atoms with Gasteiger partial charge in [0, 0.05) is 11.6 Å². The molecule has 0 unspecified atom stereocenters. The Morgan fingerprint density at radius 2 is 1.93 bits per heavy atom. The number of benzene rings is 2. The fourth-order valence-electron chi connectivity index (χ4n) is 2.46. The van der Waals surface area contributed by atoms with E-state index in [1.165, 1.54) is 20.4 Å². The number of hydrogen-bond acceptors (Lipinski definition) is 5. The zero-order valence-electron chi connectivity index (χ0n) is 15.0. The van der Waals surface area contributed by atoms with Crippen molar-refractivity contribution in [2.24, 2.45) is 5.10 Å². The monoisotopic (exact) mass is 418 g/mol. The second kappa shape index (κ2) is 8.82. The van der Waals surface area contributed by atoms with Crippen molar-refractivity contribution in [1.82, 2.24) is 5.43 Å². The standard InChI is InChI=1S/C20H16Cl2N2O4/c1-26-12-6-8-15(18(10-12)27-2)20(25)24-23-11-13-7-9-17(28-13)14-4-3-5-16(21)19(14)22/h3-11H,1-2H3,(H,24,25)/b23-11-. The van der Waals surface area contributed by atoms with Crippen LogP contribution in [0.2, 0.25) is 10.0 Å². The number of ether oxygens (including phenoxy) is 2. The van der Waals surface area contributed by atoms with Crippen molar-refractivity contribution in [3.8, 4) is 22.8 Å². The Balaban J connectivity index is 1.71. The van der Waals surface area contributed by atoms with Gasteiger partial charge in [-0.15, -0.1) is 0 Å². The van der Waals surface area contributed by atoms with Gasteiger partial charge in [0.05, 0.1) is 36.0 Å². The fraction of sp³-hybridized carbons (Fsp3) is 0.100. The number of halogens is 2. The van der Waals surface area contributed by atoms with Crippen LogP contribution in [0.4, 0.5) is 0 Å². The van der Waals surface area contributed by atoms with Gasteiger partial charge in [0.2, 0.25) is 0 Å². The Hall–Kier alpha value is -2.96. The molecule has 1 N–H and O–H groups in total. The molecule has 0 saturated carbocycles. The molecule has 1 heterocycles. The van der Waals surface area contributed by atoms with Crippen molar-refractivity contribution in [3.63, 3.8) is 0 Å². The highest BCUT2D eigenvalue weighted by molar-refractivity contribution is 6.43. The second-order valence-electron chi connectivity index (χ2n) is 5.57. The summed E-state index contributed by atoms with van der Waals surface area (Å²) >= 11 is 12.2. The van der Waals surface area contributed by atoms with E-state index in [0.29, 0.717) is 44.2 Å². The van der Waals surface area contributed by atoms with Gasteiger partial charge in [-0.25, -0.2) is 5.43 Å². The van der Waals surface area contributed by atoms with Gasteiger partial charge in [-0.2, -0.15) is 5.10 Å². The molecule has 8 heteroatoms. The number of carbonyl (C=O) groups excluding carboxylic acids is 1. The van der Waals surface area contributed by atoms with E-state index in [9.17, 15) is 4.79 Å². The van der Waals surface area contributed by atoms with Gasteiger partial charge in [0.15, 0.2) is 0 Å². The molecular formula is C20H16Cl2N2O4. The minimum Gasteiger partial charge on any atom is -0.497 e. The van der Waals surface area contributed by atoms with Crippen LogP contribution < -0.4 is 14.9 Å². The highest BCUT2D eigenvalue weighted by Crippen LogP contribution is 2.34.